The van der Waals surface area contributed by atoms with Crippen molar-refractivity contribution in [2.75, 3.05) is 13.7 Å². The molecule has 0 saturated heterocycles. The Labute approximate surface area is 128 Å². The van der Waals surface area contributed by atoms with Gasteiger partial charge >= 0.3 is 0 Å². The van der Waals surface area contributed by atoms with Crippen molar-refractivity contribution in [1.29, 1.82) is 0 Å². The largest absolute Gasteiger partial charge is 0.496 e. The van der Waals surface area contributed by atoms with E-state index in [1.165, 1.54) is 22.3 Å². The second-order valence-electron chi connectivity index (χ2n) is 5.49. The number of hydrogen-bond donors (Lipinski definition) is 1. The van der Waals surface area contributed by atoms with Gasteiger partial charge in [-0.25, -0.2) is 0 Å². The highest BCUT2D eigenvalue weighted by atomic mass is 16.5. The van der Waals surface area contributed by atoms with Crippen molar-refractivity contribution in [3.05, 3.63) is 64.7 Å². The molecule has 0 amide bonds. The average molecular weight is 283 g/mol. The third kappa shape index (κ3) is 3.85. The van der Waals surface area contributed by atoms with Gasteiger partial charge in [-0.3, -0.25) is 0 Å². The average Bonchev–Trinajstić information content (AvgIpc) is 2.48. The molecule has 0 fully saturated rings. The fourth-order valence-corrected chi connectivity index (χ4v) is 2.80. The van der Waals surface area contributed by atoms with Crippen molar-refractivity contribution in [2.45, 2.75) is 33.2 Å². The van der Waals surface area contributed by atoms with Crippen LogP contribution in [0.1, 0.15) is 35.2 Å². The first-order valence-electron chi connectivity index (χ1n) is 7.58. The van der Waals surface area contributed by atoms with E-state index in [9.17, 15) is 0 Å². The number of aryl methyl sites for hydroxylation is 2. The van der Waals surface area contributed by atoms with Crippen molar-refractivity contribution in [3.63, 3.8) is 0 Å². The summed E-state index contributed by atoms with van der Waals surface area (Å²) in [6.45, 7) is 7.40. The minimum atomic E-state index is 0.312. The van der Waals surface area contributed by atoms with Crippen molar-refractivity contribution < 1.29 is 4.74 Å². The Kier molecular flexibility index (Phi) is 5.40. The van der Waals surface area contributed by atoms with Gasteiger partial charge in [0.15, 0.2) is 0 Å². The van der Waals surface area contributed by atoms with Crippen LogP contribution < -0.4 is 10.1 Å². The molecule has 0 heterocycles. The maximum Gasteiger partial charge on any atom is 0.122 e. The summed E-state index contributed by atoms with van der Waals surface area (Å²) in [4.78, 5) is 0. The van der Waals surface area contributed by atoms with Gasteiger partial charge in [-0.2, -0.15) is 0 Å². The predicted molar refractivity (Wildman–Crippen MR) is 89.0 cm³/mol. The highest BCUT2D eigenvalue weighted by Crippen LogP contribution is 2.27. The van der Waals surface area contributed by atoms with Gasteiger partial charge in [0.05, 0.1) is 7.11 Å². The summed E-state index contributed by atoms with van der Waals surface area (Å²) in [7, 11) is 1.74. The maximum absolute atomic E-state index is 5.52. The summed E-state index contributed by atoms with van der Waals surface area (Å²) >= 11 is 0. The monoisotopic (exact) mass is 283 g/mol. The first-order chi connectivity index (χ1) is 10.2. The van der Waals surface area contributed by atoms with Gasteiger partial charge in [-0.15, -0.1) is 0 Å². The molecule has 2 rings (SSSR count). The van der Waals surface area contributed by atoms with Crippen LogP contribution >= 0.6 is 0 Å². The molecule has 0 aromatic heterocycles. The summed E-state index contributed by atoms with van der Waals surface area (Å²) in [6, 6.07) is 15.3. The highest BCUT2D eigenvalue weighted by molar-refractivity contribution is 5.39. The molecule has 1 N–H and O–H groups in total. The Hall–Kier alpha value is -1.80. The lowest BCUT2D eigenvalue weighted by atomic mass is 9.94. The molecule has 0 aliphatic carbocycles. The smallest absolute Gasteiger partial charge is 0.122 e. The molecular formula is C19H25NO. The molecule has 0 aliphatic heterocycles. The molecule has 21 heavy (non-hydrogen) atoms. The van der Waals surface area contributed by atoms with E-state index in [0.29, 0.717) is 6.04 Å². The first-order valence-corrected chi connectivity index (χ1v) is 7.58. The molecule has 0 radical (unpaired) electrons. The molecule has 2 nitrogen and oxygen atoms in total. The van der Waals surface area contributed by atoms with E-state index in [2.05, 4.69) is 68.6 Å². The van der Waals surface area contributed by atoms with Gasteiger partial charge in [-0.1, -0.05) is 48.9 Å². The van der Waals surface area contributed by atoms with Crippen LogP contribution in [0.4, 0.5) is 0 Å². The molecule has 0 aliphatic rings. The Morgan fingerprint density at radius 2 is 1.86 bits per heavy atom. The third-order valence-corrected chi connectivity index (χ3v) is 3.87. The Balaban J connectivity index is 2.33. The van der Waals surface area contributed by atoms with Gasteiger partial charge in [0, 0.05) is 6.04 Å². The van der Waals surface area contributed by atoms with Crippen molar-refractivity contribution in [2.24, 2.45) is 0 Å². The Morgan fingerprint density at radius 3 is 2.52 bits per heavy atom. The molecule has 0 bridgehead atoms. The van der Waals surface area contributed by atoms with E-state index in [-0.39, 0.29) is 0 Å². The molecule has 1 unspecified atom stereocenters. The van der Waals surface area contributed by atoms with E-state index in [0.717, 1.165) is 18.7 Å². The van der Waals surface area contributed by atoms with Crippen molar-refractivity contribution in [3.8, 4) is 5.75 Å². The van der Waals surface area contributed by atoms with Crippen molar-refractivity contribution in [1.82, 2.24) is 5.32 Å². The zero-order valence-electron chi connectivity index (χ0n) is 13.4. The number of likely N-dealkylation sites (N-methyl/N-ethyl adjacent to an activating group) is 1. The molecule has 0 spiro atoms. The first kappa shape index (κ1) is 15.6. The van der Waals surface area contributed by atoms with Crippen LogP contribution in [0.3, 0.4) is 0 Å². The Morgan fingerprint density at radius 1 is 1.10 bits per heavy atom. The normalized spacial score (nSPS) is 12.2. The fraction of sp³-hybridized carbons (Fsp3) is 0.368. The number of nitrogens with one attached hydrogen (secondary N) is 1. The van der Waals surface area contributed by atoms with Crippen LogP contribution in [0.15, 0.2) is 42.5 Å². The molecule has 2 heteroatoms. The molecule has 1 atom stereocenters. The second kappa shape index (κ2) is 7.28. The fourth-order valence-electron chi connectivity index (χ4n) is 2.80. The maximum atomic E-state index is 5.52. The molecule has 0 saturated carbocycles. The second-order valence-corrected chi connectivity index (χ2v) is 5.49. The zero-order chi connectivity index (χ0) is 15.2. The molecular weight excluding hydrogens is 258 g/mol. The van der Waals surface area contributed by atoms with E-state index in [1.807, 2.05) is 0 Å². The lowest BCUT2D eigenvalue weighted by Gasteiger charge is -2.22. The van der Waals surface area contributed by atoms with E-state index in [4.69, 9.17) is 4.74 Å². The number of methoxy groups -OCH3 is 1. The van der Waals surface area contributed by atoms with Crippen molar-refractivity contribution >= 4 is 0 Å². The number of ether oxygens (including phenoxy) is 1. The van der Waals surface area contributed by atoms with Gasteiger partial charge < -0.3 is 10.1 Å². The molecule has 112 valence electrons. The number of rotatable bonds is 6. The minimum absolute atomic E-state index is 0.312. The van der Waals surface area contributed by atoms with E-state index >= 15 is 0 Å². The van der Waals surface area contributed by atoms with Crippen LogP contribution in [0.25, 0.3) is 0 Å². The van der Waals surface area contributed by atoms with Gasteiger partial charge in [0.1, 0.15) is 5.75 Å². The van der Waals surface area contributed by atoms with Crippen LogP contribution in [0, 0.1) is 13.8 Å². The SMILES string of the molecule is CCNC(Cc1cc(C)ccc1OC)c1ccccc1C. The highest BCUT2D eigenvalue weighted by Gasteiger charge is 2.15. The summed E-state index contributed by atoms with van der Waals surface area (Å²) in [5.74, 6) is 0.970. The standard InChI is InChI=1S/C19H25NO/c1-5-20-18(17-9-7-6-8-15(17)3)13-16-12-14(2)10-11-19(16)21-4/h6-12,18,20H,5,13H2,1-4H3. The summed E-state index contributed by atoms with van der Waals surface area (Å²) in [5, 5.41) is 3.60. The van der Waals surface area contributed by atoms with Crippen LogP contribution in [0.5, 0.6) is 5.75 Å². The molecule has 2 aromatic rings. The molecule has 2 aromatic carbocycles. The summed E-state index contributed by atoms with van der Waals surface area (Å²) in [6.07, 6.45) is 0.934. The zero-order valence-corrected chi connectivity index (χ0v) is 13.4. The van der Waals surface area contributed by atoms with Gasteiger partial charge in [0.2, 0.25) is 0 Å². The summed E-state index contributed by atoms with van der Waals surface area (Å²) < 4.78 is 5.52. The topological polar surface area (TPSA) is 21.3 Å². The van der Waals surface area contributed by atoms with E-state index < -0.39 is 0 Å². The van der Waals surface area contributed by atoms with Gasteiger partial charge in [0.25, 0.3) is 0 Å². The van der Waals surface area contributed by atoms with Crippen LogP contribution in [-0.4, -0.2) is 13.7 Å². The minimum Gasteiger partial charge on any atom is -0.496 e. The van der Waals surface area contributed by atoms with Gasteiger partial charge in [-0.05, 0) is 49.6 Å². The number of benzene rings is 2. The van der Waals surface area contributed by atoms with Crippen LogP contribution in [0.2, 0.25) is 0 Å². The number of hydrogen-bond acceptors (Lipinski definition) is 2. The summed E-state index contributed by atoms with van der Waals surface area (Å²) in [5.41, 5.74) is 5.22. The van der Waals surface area contributed by atoms with E-state index in [1.54, 1.807) is 7.11 Å². The Bertz CT molecular complexity index is 592. The third-order valence-electron chi connectivity index (χ3n) is 3.87. The predicted octanol–water partition coefficient (Wildman–Crippen LogP) is 4.21. The lowest BCUT2D eigenvalue weighted by molar-refractivity contribution is 0.405. The van der Waals surface area contributed by atoms with Crippen LogP contribution in [-0.2, 0) is 6.42 Å². The lowest BCUT2D eigenvalue weighted by Crippen LogP contribution is -2.24. The quantitative estimate of drug-likeness (QED) is 0.857.